The number of allylic oxidation sites excluding steroid dienone is 4. The number of carbonyl (C=O) groups is 3. The van der Waals surface area contributed by atoms with E-state index >= 15 is 8.78 Å². The van der Waals surface area contributed by atoms with E-state index in [1.165, 1.54) is 13.0 Å². The lowest BCUT2D eigenvalue weighted by atomic mass is 9.44. The number of ketones is 2. The molecular formula is C24H29ClF2O6. The molecule has 0 aromatic carbocycles. The van der Waals surface area contributed by atoms with Gasteiger partial charge in [0.05, 0.1) is 11.1 Å². The Bertz CT molecular complexity index is 995. The second kappa shape index (κ2) is 7.43. The Labute approximate surface area is 196 Å². The highest BCUT2D eigenvalue weighted by Gasteiger charge is 2.76. The van der Waals surface area contributed by atoms with E-state index in [0.29, 0.717) is 0 Å². The Morgan fingerprint density at radius 2 is 1.91 bits per heavy atom. The SMILES string of the molecule is CC(=O)OCC(=O)[C@@]1(O)[C@H](C)C[C@H]2[C@@H]3C[C@H](F)C4=CC(=O)C(Cl)=C[C@]4(C)[C@@]3(F)[C@@H](O)C[C@@]21C. The first-order chi connectivity index (χ1) is 15.1. The molecule has 0 bridgehead atoms. The quantitative estimate of drug-likeness (QED) is 0.595. The van der Waals surface area contributed by atoms with Gasteiger partial charge >= 0.3 is 5.97 Å². The molecule has 0 saturated heterocycles. The van der Waals surface area contributed by atoms with Crippen LogP contribution < -0.4 is 0 Å². The smallest absolute Gasteiger partial charge is 0.303 e. The molecule has 0 amide bonds. The number of aliphatic hydroxyl groups is 2. The number of fused-ring (bicyclic) bond motifs is 5. The van der Waals surface area contributed by atoms with E-state index in [1.807, 2.05) is 0 Å². The normalized spacial score (nSPS) is 48.8. The number of halogens is 3. The van der Waals surface area contributed by atoms with Gasteiger partial charge in [-0.15, -0.1) is 0 Å². The lowest BCUT2D eigenvalue weighted by molar-refractivity contribution is -0.224. The van der Waals surface area contributed by atoms with Crippen molar-refractivity contribution >= 4 is 29.1 Å². The molecule has 182 valence electrons. The van der Waals surface area contributed by atoms with Crippen molar-refractivity contribution in [3.8, 4) is 0 Å². The van der Waals surface area contributed by atoms with Gasteiger partial charge in [0.25, 0.3) is 0 Å². The van der Waals surface area contributed by atoms with Crippen LogP contribution in [0.25, 0.3) is 0 Å². The van der Waals surface area contributed by atoms with Crippen molar-refractivity contribution in [3.05, 3.63) is 22.8 Å². The predicted octanol–water partition coefficient (Wildman–Crippen LogP) is 2.98. The number of alkyl halides is 2. The van der Waals surface area contributed by atoms with Crippen molar-refractivity contribution in [2.75, 3.05) is 6.61 Å². The summed E-state index contributed by atoms with van der Waals surface area (Å²) in [6, 6.07) is 0. The van der Waals surface area contributed by atoms with Gasteiger partial charge in [0.1, 0.15) is 11.8 Å². The second-order valence-electron chi connectivity index (χ2n) is 10.6. The first-order valence-corrected chi connectivity index (χ1v) is 11.6. The van der Waals surface area contributed by atoms with Crippen LogP contribution in [0.15, 0.2) is 22.8 Å². The van der Waals surface area contributed by atoms with Gasteiger partial charge in [0.2, 0.25) is 5.78 Å². The molecule has 0 aromatic rings. The highest BCUT2D eigenvalue weighted by Crippen LogP contribution is 2.71. The highest BCUT2D eigenvalue weighted by atomic mass is 35.5. The van der Waals surface area contributed by atoms with Gasteiger partial charge in [-0.3, -0.25) is 14.4 Å². The second-order valence-corrected chi connectivity index (χ2v) is 11.0. The van der Waals surface area contributed by atoms with Gasteiger partial charge in [-0.05, 0) is 55.7 Å². The molecule has 0 radical (unpaired) electrons. The van der Waals surface area contributed by atoms with Crippen molar-refractivity contribution in [1.29, 1.82) is 0 Å². The number of hydrogen-bond donors (Lipinski definition) is 2. The van der Waals surface area contributed by atoms with Crippen LogP contribution in [0.5, 0.6) is 0 Å². The van der Waals surface area contributed by atoms with Crippen LogP contribution in [0.2, 0.25) is 0 Å². The molecule has 6 nitrogen and oxygen atoms in total. The molecule has 4 aliphatic carbocycles. The molecular weight excluding hydrogens is 458 g/mol. The van der Waals surface area contributed by atoms with Crippen LogP contribution in [0.4, 0.5) is 8.78 Å². The number of carbonyl (C=O) groups excluding carboxylic acids is 3. The fraction of sp³-hybridized carbons (Fsp3) is 0.708. The van der Waals surface area contributed by atoms with Crippen LogP contribution in [-0.2, 0) is 19.1 Å². The topological polar surface area (TPSA) is 101 Å². The molecule has 0 aliphatic heterocycles. The summed E-state index contributed by atoms with van der Waals surface area (Å²) >= 11 is 6.04. The van der Waals surface area contributed by atoms with Crippen LogP contribution in [0.3, 0.4) is 0 Å². The lowest BCUT2D eigenvalue weighted by Gasteiger charge is -2.63. The maximum Gasteiger partial charge on any atom is 0.303 e. The maximum absolute atomic E-state index is 17.1. The molecule has 3 saturated carbocycles. The highest BCUT2D eigenvalue weighted by molar-refractivity contribution is 6.44. The summed E-state index contributed by atoms with van der Waals surface area (Å²) in [6.07, 6.45) is -1.43. The van der Waals surface area contributed by atoms with Gasteiger partial charge in [-0.2, -0.15) is 0 Å². The van der Waals surface area contributed by atoms with Crippen molar-refractivity contribution in [2.24, 2.45) is 28.6 Å². The third kappa shape index (κ3) is 2.93. The van der Waals surface area contributed by atoms with Gasteiger partial charge in [-0.1, -0.05) is 25.4 Å². The summed E-state index contributed by atoms with van der Waals surface area (Å²) in [4.78, 5) is 36.4. The van der Waals surface area contributed by atoms with Crippen LogP contribution in [-0.4, -0.2) is 57.9 Å². The van der Waals surface area contributed by atoms with Crippen molar-refractivity contribution in [1.82, 2.24) is 0 Å². The minimum absolute atomic E-state index is 0.0504. The number of esters is 1. The standard InChI is InChI=1S/C24H29ClF2O6/c1-11-5-13-14-6-17(26)15-7-18(29)16(25)8-21(15,3)23(14,27)19(30)9-22(13,4)24(11,32)20(31)10-33-12(2)28/h7-8,11,13-14,17,19,30,32H,5-6,9-10H2,1-4H3/t11-,13+,14+,17+,19+,21+,22+,23+,24+/m1/s1. The molecule has 9 heteroatoms. The largest absolute Gasteiger partial charge is 0.458 e. The Hall–Kier alpha value is -1.64. The summed E-state index contributed by atoms with van der Waals surface area (Å²) in [5.74, 6) is -4.34. The summed E-state index contributed by atoms with van der Waals surface area (Å²) in [6.45, 7) is 5.21. The third-order valence-electron chi connectivity index (χ3n) is 9.10. The van der Waals surface area contributed by atoms with Gasteiger partial charge in [-0.25, -0.2) is 8.78 Å². The first-order valence-electron chi connectivity index (χ1n) is 11.2. The Morgan fingerprint density at radius 1 is 1.27 bits per heavy atom. The van der Waals surface area contributed by atoms with E-state index in [-0.39, 0.29) is 29.9 Å². The van der Waals surface area contributed by atoms with Crippen molar-refractivity contribution < 1.29 is 38.1 Å². The number of hydrogen-bond acceptors (Lipinski definition) is 6. The molecule has 0 unspecified atom stereocenters. The summed E-state index contributed by atoms with van der Waals surface area (Å²) < 4.78 is 37.4. The third-order valence-corrected chi connectivity index (χ3v) is 9.40. The molecule has 0 spiro atoms. The summed E-state index contributed by atoms with van der Waals surface area (Å²) in [7, 11) is 0. The first kappa shape index (κ1) is 24.5. The van der Waals surface area contributed by atoms with Gasteiger partial charge < -0.3 is 14.9 Å². The van der Waals surface area contributed by atoms with Crippen LogP contribution >= 0.6 is 11.6 Å². The van der Waals surface area contributed by atoms with E-state index in [1.54, 1.807) is 13.8 Å². The Kier molecular flexibility index (Phi) is 5.51. The lowest BCUT2D eigenvalue weighted by Crippen LogP contribution is -2.70. The molecule has 4 aliphatic rings. The zero-order chi connectivity index (χ0) is 24.7. The van der Waals surface area contributed by atoms with E-state index in [9.17, 15) is 24.6 Å². The van der Waals surface area contributed by atoms with Crippen molar-refractivity contribution in [2.45, 2.75) is 70.5 Å². The molecule has 2 N–H and O–H groups in total. The van der Waals surface area contributed by atoms with Crippen LogP contribution in [0.1, 0.15) is 47.0 Å². The maximum atomic E-state index is 17.1. The van der Waals surface area contributed by atoms with Gasteiger partial charge in [0, 0.05) is 23.7 Å². The monoisotopic (exact) mass is 486 g/mol. The zero-order valence-corrected chi connectivity index (χ0v) is 19.8. The molecule has 4 rings (SSSR count). The fourth-order valence-corrected chi connectivity index (χ4v) is 7.74. The zero-order valence-electron chi connectivity index (χ0n) is 19.0. The molecule has 9 atom stereocenters. The predicted molar refractivity (Wildman–Crippen MR) is 115 cm³/mol. The Balaban J connectivity index is 1.81. The summed E-state index contributed by atoms with van der Waals surface area (Å²) in [5, 5.41) is 22.7. The molecule has 0 aromatic heterocycles. The fourth-order valence-electron chi connectivity index (χ4n) is 7.47. The molecule has 33 heavy (non-hydrogen) atoms. The number of ether oxygens (including phenoxy) is 1. The minimum Gasteiger partial charge on any atom is -0.458 e. The number of Topliss-reactive ketones (excluding diaryl/α,β-unsaturated/α-hetero) is 1. The molecule has 0 heterocycles. The average molecular weight is 487 g/mol. The minimum atomic E-state index is -2.36. The average Bonchev–Trinajstić information content (AvgIpc) is 2.92. The van der Waals surface area contributed by atoms with Crippen molar-refractivity contribution in [3.63, 3.8) is 0 Å². The summed E-state index contributed by atoms with van der Waals surface area (Å²) in [5.41, 5.74) is -7.35. The van der Waals surface area contributed by atoms with E-state index in [2.05, 4.69) is 0 Å². The van der Waals surface area contributed by atoms with E-state index < -0.39 is 76.3 Å². The van der Waals surface area contributed by atoms with Crippen LogP contribution in [0, 0.1) is 28.6 Å². The number of aliphatic hydroxyl groups excluding tert-OH is 1. The number of rotatable bonds is 3. The molecule has 3 fully saturated rings. The van der Waals surface area contributed by atoms with E-state index in [4.69, 9.17) is 16.3 Å². The van der Waals surface area contributed by atoms with E-state index in [0.717, 1.165) is 13.0 Å². The van der Waals surface area contributed by atoms with Gasteiger partial charge in [0.15, 0.2) is 18.1 Å². The Morgan fingerprint density at radius 3 is 2.52 bits per heavy atom.